The van der Waals surface area contributed by atoms with Gasteiger partial charge in [0.2, 0.25) is 5.95 Å². The zero-order valence-corrected chi connectivity index (χ0v) is 11.5. The summed E-state index contributed by atoms with van der Waals surface area (Å²) in [7, 11) is 0. The molecule has 0 amide bonds. The van der Waals surface area contributed by atoms with Crippen molar-refractivity contribution in [2.75, 3.05) is 30.8 Å². The molecule has 1 heterocycles. The number of anilines is 2. The van der Waals surface area contributed by atoms with Crippen LogP contribution in [0.4, 0.5) is 24.9 Å². The second kappa shape index (κ2) is 7.28. The van der Waals surface area contributed by atoms with Gasteiger partial charge in [0.05, 0.1) is 0 Å². The van der Waals surface area contributed by atoms with Crippen molar-refractivity contribution < 1.29 is 17.9 Å². The highest BCUT2D eigenvalue weighted by Crippen LogP contribution is 2.29. The van der Waals surface area contributed by atoms with E-state index >= 15 is 0 Å². The Bertz CT molecular complexity index is 424. The van der Waals surface area contributed by atoms with Crippen molar-refractivity contribution in [3.05, 3.63) is 11.8 Å². The standard InChI is InChI=1S/C12H19F3N4O/c1-8(2)7-20-5-3-4-17-10-6-9(12(13,14)15)18-11(16)19-10/h6,8H,3-5,7H2,1-2H3,(H3,16,17,18,19). The molecule has 0 spiro atoms. The topological polar surface area (TPSA) is 73.1 Å². The van der Waals surface area contributed by atoms with Gasteiger partial charge in [-0.3, -0.25) is 0 Å². The maximum absolute atomic E-state index is 12.5. The fourth-order valence-electron chi connectivity index (χ4n) is 1.41. The lowest BCUT2D eigenvalue weighted by Gasteiger charge is -2.10. The molecule has 0 unspecified atom stereocenters. The van der Waals surface area contributed by atoms with E-state index in [9.17, 15) is 13.2 Å². The fraction of sp³-hybridized carbons (Fsp3) is 0.667. The first-order valence-corrected chi connectivity index (χ1v) is 6.32. The number of nitrogens with one attached hydrogen (secondary N) is 1. The molecular weight excluding hydrogens is 273 g/mol. The average Bonchev–Trinajstić information content (AvgIpc) is 2.31. The summed E-state index contributed by atoms with van der Waals surface area (Å²) in [6, 6.07) is 0.839. The van der Waals surface area contributed by atoms with Crippen molar-refractivity contribution in [1.29, 1.82) is 0 Å². The largest absolute Gasteiger partial charge is 0.433 e. The second-order valence-electron chi connectivity index (χ2n) is 4.74. The predicted molar refractivity (Wildman–Crippen MR) is 70.2 cm³/mol. The lowest BCUT2D eigenvalue weighted by Crippen LogP contribution is -2.14. The number of hydrogen-bond donors (Lipinski definition) is 2. The molecule has 20 heavy (non-hydrogen) atoms. The summed E-state index contributed by atoms with van der Waals surface area (Å²) < 4.78 is 42.9. The van der Waals surface area contributed by atoms with Gasteiger partial charge in [-0.1, -0.05) is 13.8 Å². The minimum Gasteiger partial charge on any atom is -0.381 e. The third kappa shape index (κ3) is 6.05. The molecule has 0 radical (unpaired) electrons. The number of nitrogen functional groups attached to an aromatic ring is 1. The molecule has 0 fully saturated rings. The maximum atomic E-state index is 12.5. The van der Waals surface area contributed by atoms with Gasteiger partial charge >= 0.3 is 6.18 Å². The van der Waals surface area contributed by atoms with Gasteiger partial charge in [0.15, 0.2) is 5.69 Å². The summed E-state index contributed by atoms with van der Waals surface area (Å²) in [5.74, 6) is 0.117. The van der Waals surface area contributed by atoms with Crippen LogP contribution in [0.1, 0.15) is 26.0 Å². The van der Waals surface area contributed by atoms with E-state index in [1.54, 1.807) is 0 Å². The first kappa shape index (κ1) is 16.5. The summed E-state index contributed by atoms with van der Waals surface area (Å²) in [5.41, 5.74) is 4.20. The Morgan fingerprint density at radius 1 is 1.35 bits per heavy atom. The van der Waals surface area contributed by atoms with Crippen LogP contribution in [0, 0.1) is 5.92 Å². The number of nitrogens with zero attached hydrogens (tertiary/aromatic N) is 2. The van der Waals surface area contributed by atoms with E-state index in [0.29, 0.717) is 32.1 Å². The lowest BCUT2D eigenvalue weighted by molar-refractivity contribution is -0.141. The zero-order valence-electron chi connectivity index (χ0n) is 11.5. The number of ether oxygens (including phenoxy) is 1. The van der Waals surface area contributed by atoms with Crippen molar-refractivity contribution in [2.24, 2.45) is 5.92 Å². The number of nitrogens with two attached hydrogens (primary N) is 1. The minimum absolute atomic E-state index is 0.0636. The van der Waals surface area contributed by atoms with Crippen LogP contribution in [-0.4, -0.2) is 29.7 Å². The molecule has 0 saturated carbocycles. The quantitative estimate of drug-likeness (QED) is 0.756. The van der Waals surface area contributed by atoms with Crippen LogP contribution in [0.15, 0.2) is 6.07 Å². The van der Waals surface area contributed by atoms with Crippen LogP contribution in [0.2, 0.25) is 0 Å². The van der Waals surface area contributed by atoms with Crippen LogP contribution in [-0.2, 0) is 10.9 Å². The highest BCUT2D eigenvalue weighted by molar-refractivity contribution is 5.41. The first-order chi connectivity index (χ1) is 9.29. The van der Waals surface area contributed by atoms with Crippen LogP contribution in [0.5, 0.6) is 0 Å². The summed E-state index contributed by atoms with van der Waals surface area (Å²) in [4.78, 5) is 6.87. The average molecular weight is 292 g/mol. The minimum atomic E-state index is -4.53. The molecule has 3 N–H and O–H groups in total. The number of hydrogen-bond acceptors (Lipinski definition) is 5. The molecule has 114 valence electrons. The molecule has 0 aliphatic heterocycles. The lowest BCUT2D eigenvalue weighted by atomic mass is 10.2. The van der Waals surface area contributed by atoms with E-state index in [1.165, 1.54) is 0 Å². The first-order valence-electron chi connectivity index (χ1n) is 6.32. The fourth-order valence-corrected chi connectivity index (χ4v) is 1.41. The number of alkyl halides is 3. The van der Waals surface area contributed by atoms with Gasteiger partial charge in [0, 0.05) is 25.8 Å². The Morgan fingerprint density at radius 2 is 2.05 bits per heavy atom. The van der Waals surface area contributed by atoms with Gasteiger partial charge in [0.25, 0.3) is 0 Å². The molecule has 8 heteroatoms. The van der Waals surface area contributed by atoms with Gasteiger partial charge in [-0.2, -0.15) is 18.2 Å². The third-order valence-corrected chi connectivity index (χ3v) is 2.26. The molecule has 0 aliphatic carbocycles. The SMILES string of the molecule is CC(C)COCCCNc1cc(C(F)(F)F)nc(N)n1. The Morgan fingerprint density at radius 3 is 2.65 bits per heavy atom. The third-order valence-electron chi connectivity index (χ3n) is 2.26. The van der Waals surface area contributed by atoms with Gasteiger partial charge < -0.3 is 15.8 Å². The van der Waals surface area contributed by atoms with Crippen molar-refractivity contribution in [3.8, 4) is 0 Å². The Hall–Kier alpha value is -1.57. The zero-order chi connectivity index (χ0) is 15.2. The number of aromatic nitrogens is 2. The van der Waals surface area contributed by atoms with Gasteiger partial charge in [-0.05, 0) is 12.3 Å². The summed E-state index contributed by atoms with van der Waals surface area (Å²) in [5, 5.41) is 2.77. The molecular formula is C12H19F3N4O. The van der Waals surface area contributed by atoms with Crippen LogP contribution >= 0.6 is 0 Å². The number of halogens is 3. The predicted octanol–water partition coefficient (Wildman–Crippen LogP) is 2.55. The van der Waals surface area contributed by atoms with E-state index in [4.69, 9.17) is 10.5 Å². The summed E-state index contributed by atoms with van der Waals surface area (Å²) in [6.45, 7) is 5.74. The molecule has 0 saturated heterocycles. The molecule has 0 aromatic carbocycles. The highest BCUT2D eigenvalue weighted by atomic mass is 19.4. The Balaban J connectivity index is 2.42. The smallest absolute Gasteiger partial charge is 0.381 e. The van der Waals surface area contributed by atoms with Gasteiger partial charge in [0.1, 0.15) is 5.82 Å². The molecule has 5 nitrogen and oxygen atoms in total. The highest BCUT2D eigenvalue weighted by Gasteiger charge is 2.33. The second-order valence-corrected chi connectivity index (χ2v) is 4.74. The van der Waals surface area contributed by atoms with E-state index in [0.717, 1.165) is 6.07 Å². The normalized spacial score (nSPS) is 11.9. The Labute approximate surface area is 115 Å². The van der Waals surface area contributed by atoms with E-state index in [1.807, 2.05) is 13.8 Å². The van der Waals surface area contributed by atoms with Crippen LogP contribution < -0.4 is 11.1 Å². The monoisotopic (exact) mass is 292 g/mol. The molecule has 1 aromatic heterocycles. The summed E-state index contributed by atoms with van der Waals surface area (Å²) >= 11 is 0. The van der Waals surface area contributed by atoms with E-state index < -0.39 is 17.8 Å². The molecule has 1 aromatic rings. The molecule has 0 bridgehead atoms. The van der Waals surface area contributed by atoms with Crippen molar-refractivity contribution in [2.45, 2.75) is 26.4 Å². The van der Waals surface area contributed by atoms with Gasteiger partial charge in [-0.25, -0.2) is 4.98 Å². The van der Waals surface area contributed by atoms with E-state index in [2.05, 4.69) is 15.3 Å². The maximum Gasteiger partial charge on any atom is 0.433 e. The van der Waals surface area contributed by atoms with Gasteiger partial charge in [-0.15, -0.1) is 0 Å². The van der Waals surface area contributed by atoms with E-state index in [-0.39, 0.29) is 5.82 Å². The molecule has 0 atom stereocenters. The Kier molecular flexibility index (Phi) is 6.00. The van der Waals surface area contributed by atoms with Crippen LogP contribution in [0.25, 0.3) is 0 Å². The number of rotatable bonds is 7. The molecule has 0 aliphatic rings. The van der Waals surface area contributed by atoms with Crippen molar-refractivity contribution in [1.82, 2.24) is 9.97 Å². The van der Waals surface area contributed by atoms with Crippen molar-refractivity contribution in [3.63, 3.8) is 0 Å². The van der Waals surface area contributed by atoms with Crippen LogP contribution in [0.3, 0.4) is 0 Å². The van der Waals surface area contributed by atoms with Crippen molar-refractivity contribution >= 4 is 11.8 Å². The summed E-state index contributed by atoms with van der Waals surface area (Å²) in [6.07, 6.45) is -3.87. The molecule has 1 rings (SSSR count).